The summed E-state index contributed by atoms with van der Waals surface area (Å²) in [6, 6.07) is 4.29. The molecule has 0 aliphatic rings. The number of hydrogen-bond donors (Lipinski definition) is 1. The van der Waals surface area contributed by atoms with Gasteiger partial charge in [-0.2, -0.15) is 0 Å². The van der Waals surface area contributed by atoms with Gasteiger partial charge in [-0.05, 0) is 49.8 Å². The van der Waals surface area contributed by atoms with Crippen LogP contribution >= 0.6 is 0 Å². The van der Waals surface area contributed by atoms with E-state index in [1.165, 1.54) is 22.3 Å². The minimum atomic E-state index is -0.706. The molecule has 0 heterocycles. The first kappa shape index (κ1) is 13.8. The van der Waals surface area contributed by atoms with Gasteiger partial charge < -0.3 is 5.11 Å². The van der Waals surface area contributed by atoms with Gasteiger partial charge in [0.2, 0.25) is 0 Å². The molecule has 2 heteroatoms. The first-order chi connectivity index (χ1) is 7.95. The molecule has 0 bridgehead atoms. The Labute approximate surface area is 104 Å². The Kier molecular flexibility index (Phi) is 4.73. The lowest BCUT2D eigenvalue weighted by molar-refractivity contribution is -0.137. The number of carbonyl (C=O) groups is 1. The van der Waals surface area contributed by atoms with E-state index in [0.717, 1.165) is 12.8 Å². The minimum absolute atomic E-state index is 0.151. The van der Waals surface area contributed by atoms with Gasteiger partial charge in [-0.25, -0.2) is 0 Å². The van der Waals surface area contributed by atoms with Crippen LogP contribution in [0.15, 0.2) is 12.1 Å². The topological polar surface area (TPSA) is 37.3 Å². The molecule has 0 fully saturated rings. The minimum Gasteiger partial charge on any atom is -0.481 e. The highest BCUT2D eigenvalue weighted by Gasteiger charge is 2.18. The van der Waals surface area contributed by atoms with Crippen molar-refractivity contribution >= 4 is 5.97 Å². The maximum atomic E-state index is 10.9. The van der Waals surface area contributed by atoms with Crippen molar-refractivity contribution in [3.8, 4) is 0 Å². The van der Waals surface area contributed by atoms with E-state index >= 15 is 0 Å². The Morgan fingerprint density at radius 2 is 1.76 bits per heavy atom. The lowest BCUT2D eigenvalue weighted by Crippen LogP contribution is -2.09. The first-order valence-electron chi connectivity index (χ1n) is 6.25. The monoisotopic (exact) mass is 234 g/mol. The highest BCUT2D eigenvalue weighted by Crippen LogP contribution is 2.31. The Balaban J connectivity index is 3.13. The van der Waals surface area contributed by atoms with E-state index in [2.05, 4.69) is 39.8 Å². The van der Waals surface area contributed by atoms with Crippen molar-refractivity contribution in [1.29, 1.82) is 0 Å². The summed E-state index contributed by atoms with van der Waals surface area (Å²) in [4.78, 5) is 10.9. The number of benzene rings is 1. The Bertz CT molecular complexity index is 384. The average molecular weight is 234 g/mol. The van der Waals surface area contributed by atoms with E-state index in [0.29, 0.717) is 0 Å². The van der Waals surface area contributed by atoms with E-state index in [1.54, 1.807) is 0 Å². The van der Waals surface area contributed by atoms with Gasteiger partial charge in [-0.3, -0.25) is 4.79 Å². The van der Waals surface area contributed by atoms with Crippen molar-refractivity contribution in [2.75, 3.05) is 0 Å². The molecular formula is C15H22O2. The predicted octanol–water partition coefficient (Wildman–Crippen LogP) is 3.97. The fraction of sp³-hybridized carbons (Fsp3) is 0.533. The molecule has 0 aliphatic heterocycles. The van der Waals surface area contributed by atoms with E-state index < -0.39 is 5.97 Å². The fourth-order valence-electron chi connectivity index (χ4n) is 2.74. The summed E-state index contributed by atoms with van der Waals surface area (Å²) in [5.74, 6) is -0.555. The maximum Gasteiger partial charge on any atom is 0.303 e. The van der Waals surface area contributed by atoms with E-state index in [1.807, 2.05) is 0 Å². The molecule has 0 saturated carbocycles. The molecule has 1 unspecified atom stereocenters. The Morgan fingerprint density at radius 1 is 1.24 bits per heavy atom. The van der Waals surface area contributed by atoms with Crippen LogP contribution < -0.4 is 0 Å². The molecule has 0 spiro atoms. The number of carboxylic acid groups (broad SMARTS) is 1. The van der Waals surface area contributed by atoms with Gasteiger partial charge in [0.1, 0.15) is 0 Å². The molecular weight excluding hydrogens is 212 g/mol. The Morgan fingerprint density at radius 3 is 2.18 bits per heavy atom. The first-order valence-corrected chi connectivity index (χ1v) is 6.25. The normalized spacial score (nSPS) is 12.5. The zero-order chi connectivity index (χ0) is 13.0. The number of hydrogen-bond acceptors (Lipinski definition) is 1. The molecule has 1 aromatic rings. The fourth-order valence-corrected chi connectivity index (χ4v) is 2.74. The van der Waals surface area contributed by atoms with Crippen LogP contribution in [-0.2, 0) is 4.79 Å². The average Bonchev–Trinajstić information content (AvgIpc) is 2.14. The van der Waals surface area contributed by atoms with E-state index in [9.17, 15) is 4.79 Å². The highest BCUT2D eigenvalue weighted by molar-refractivity contribution is 5.68. The number of rotatable bonds is 5. The zero-order valence-corrected chi connectivity index (χ0v) is 11.2. The zero-order valence-electron chi connectivity index (χ0n) is 11.2. The van der Waals surface area contributed by atoms with Gasteiger partial charge in [0.25, 0.3) is 0 Å². The molecule has 1 atom stereocenters. The third-order valence-electron chi connectivity index (χ3n) is 3.20. The highest BCUT2D eigenvalue weighted by atomic mass is 16.4. The summed E-state index contributed by atoms with van der Waals surface area (Å²) in [5.41, 5.74) is 4.93. The van der Waals surface area contributed by atoms with Crippen LogP contribution in [0.4, 0.5) is 0 Å². The second kappa shape index (κ2) is 5.85. The summed E-state index contributed by atoms with van der Waals surface area (Å²) in [6.07, 6.45) is 2.19. The summed E-state index contributed by atoms with van der Waals surface area (Å²) in [5, 5.41) is 9.01. The lowest BCUT2D eigenvalue weighted by atomic mass is 9.85. The van der Waals surface area contributed by atoms with Gasteiger partial charge in [0.05, 0.1) is 6.42 Å². The van der Waals surface area contributed by atoms with Crippen molar-refractivity contribution in [1.82, 2.24) is 0 Å². The van der Waals surface area contributed by atoms with Crippen LogP contribution in [0.1, 0.15) is 54.4 Å². The van der Waals surface area contributed by atoms with Crippen LogP contribution in [0, 0.1) is 20.8 Å². The smallest absolute Gasteiger partial charge is 0.303 e. The molecule has 0 aliphatic carbocycles. The molecule has 0 amide bonds. The molecule has 0 saturated heterocycles. The van der Waals surface area contributed by atoms with Gasteiger partial charge in [0.15, 0.2) is 0 Å². The largest absolute Gasteiger partial charge is 0.481 e. The number of aryl methyl sites for hydroxylation is 3. The van der Waals surface area contributed by atoms with Crippen LogP contribution in [0.5, 0.6) is 0 Å². The van der Waals surface area contributed by atoms with Crippen molar-refractivity contribution < 1.29 is 9.90 Å². The number of aliphatic carboxylic acids is 1. The molecule has 17 heavy (non-hydrogen) atoms. The third-order valence-corrected chi connectivity index (χ3v) is 3.20. The maximum absolute atomic E-state index is 10.9. The molecule has 2 nitrogen and oxygen atoms in total. The molecule has 94 valence electrons. The van der Waals surface area contributed by atoms with E-state index in [4.69, 9.17) is 5.11 Å². The summed E-state index contributed by atoms with van der Waals surface area (Å²) < 4.78 is 0. The Hall–Kier alpha value is -1.31. The lowest BCUT2D eigenvalue weighted by Gasteiger charge is -2.20. The molecule has 0 radical (unpaired) electrons. The van der Waals surface area contributed by atoms with Crippen molar-refractivity contribution in [2.45, 2.75) is 52.9 Å². The summed E-state index contributed by atoms with van der Waals surface area (Å²) >= 11 is 0. The second-order valence-corrected chi connectivity index (χ2v) is 4.90. The summed E-state index contributed by atoms with van der Waals surface area (Å²) in [7, 11) is 0. The second-order valence-electron chi connectivity index (χ2n) is 4.90. The standard InChI is InChI=1S/C15H22O2/c1-5-6-13(9-14(16)17)15-11(3)7-10(2)8-12(15)4/h7-8,13H,5-6,9H2,1-4H3,(H,16,17). The van der Waals surface area contributed by atoms with Crippen LogP contribution in [0.3, 0.4) is 0 Å². The molecule has 0 aromatic heterocycles. The van der Waals surface area contributed by atoms with Gasteiger partial charge in [0, 0.05) is 0 Å². The van der Waals surface area contributed by atoms with Gasteiger partial charge >= 0.3 is 5.97 Å². The van der Waals surface area contributed by atoms with Crippen molar-refractivity contribution in [2.24, 2.45) is 0 Å². The van der Waals surface area contributed by atoms with Crippen LogP contribution in [0.25, 0.3) is 0 Å². The van der Waals surface area contributed by atoms with Crippen molar-refractivity contribution in [3.05, 3.63) is 34.4 Å². The predicted molar refractivity (Wildman–Crippen MR) is 70.6 cm³/mol. The molecule has 1 aromatic carbocycles. The molecule has 1 N–H and O–H groups in total. The molecule has 1 rings (SSSR count). The van der Waals surface area contributed by atoms with Gasteiger partial charge in [-0.1, -0.05) is 31.0 Å². The van der Waals surface area contributed by atoms with Crippen LogP contribution in [0.2, 0.25) is 0 Å². The van der Waals surface area contributed by atoms with Crippen LogP contribution in [-0.4, -0.2) is 11.1 Å². The van der Waals surface area contributed by atoms with Crippen molar-refractivity contribution in [3.63, 3.8) is 0 Å². The summed E-state index contributed by atoms with van der Waals surface area (Å²) in [6.45, 7) is 8.35. The van der Waals surface area contributed by atoms with Gasteiger partial charge in [-0.15, -0.1) is 0 Å². The van der Waals surface area contributed by atoms with E-state index in [-0.39, 0.29) is 12.3 Å². The SMILES string of the molecule is CCCC(CC(=O)O)c1c(C)cc(C)cc1C. The quantitative estimate of drug-likeness (QED) is 0.837. The third kappa shape index (κ3) is 3.58. The number of carboxylic acids is 1.